The Hall–Kier alpha value is -1.84. The lowest BCUT2D eigenvalue weighted by Crippen LogP contribution is -2.12. The van der Waals surface area contributed by atoms with E-state index in [9.17, 15) is 13.2 Å². The number of carbonyl (C=O) groups excluding carboxylic acids is 1. The lowest BCUT2D eigenvalue weighted by Gasteiger charge is -1.97. The maximum absolute atomic E-state index is 11.1. The van der Waals surface area contributed by atoms with Crippen LogP contribution in [0.2, 0.25) is 0 Å². The van der Waals surface area contributed by atoms with E-state index in [4.69, 9.17) is 5.14 Å². The number of primary sulfonamides is 1. The van der Waals surface area contributed by atoms with Crippen molar-refractivity contribution in [1.82, 2.24) is 0 Å². The molecule has 2 N–H and O–H groups in total. The van der Waals surface area contributed by atoms with Crippen LogP contribution in [0.3, 0.4) is 0 Å². The van der Waals surface area contributed by atoms with Gasteiger partial charge in [0.1, 0.15) is 0 Å². The molecule has 0 bridgehead atoms. The summed E-state index contributed by atoms with van der Waals surface area (Å²) in [6.07, 6.45) is 0. The van der Waals surface area contributed by atoms with Gasteiger partial charge in [-0.3, -0.25) is 0 Å². The average Bonchev–Trinajstić information content (AvgIpc) is 2.26. The van der Waals surface area contributed by atoms with Crippen molar-refractivity contribution in [2.45, 2.75) is 11.8 Å². The van der Waals surface area contributed by atoms with Gasteiger partial charge in [0.2, 0.25) is 10.0 Å². The molecule has 5 nitrogen and oxygen atoms in total. The first-order valence-corrected chi connectivity index (χ1v) is 6.29. The van der Waals surface area contributed by atoms with Crippen molar-refractivity contribution in [2.75, 3.05) is 6.61 Å². The third-order valence-electron chi connectivity index (χ3n) is 1.75. The van der Waals surface area contributed by atoms with Crippen molar-refractivity contribution in [1.29, 1.82) is 0 Å². The third-order valence-corrected chi connectivity index (χ3v) is 2.66. The Kier molecular flexibility index (Phi) is 4.26. The van der Waals surface area contributed by atoms with Crippen molar-refractivity contribution < 1.29 is 17.9 Å². The van der Waals surface area contributed by atoms with Gasteiger partial charge in [-0.1, -0.05) is 12.0 Å². The Morgan fingerprint density at radius 3 is 2.76 bits per heavy atom. The van der Waals surface area contributed by atoms with E-state index in [0.717, 1.165) is 0 Å². The summed E-state index contributed by atoms with van der Waals surface area (Å²) in [6.45, 7) is 1.91. The van der Waals surface area contributed by atoms with Crippen LogP contribution < -0.4 is 5.14 Å². The van der Waals surface area contributed by atoms with Crippen molar-refractivity contribution >= 4 is 16.0 Å². The molecule has 6 heteroatoms. The minimum atomic E-state index is -3.76. The van der Waals surface area contributed by atoms with E-state index in [0.29, 0.717) is 5.56 Å². The van der Waals surface area contributed by atoms with Crippen molar-refractivity contribution in [3.8, 4) is 11.8 Å². The molecule has 0 atom stereocenters. The molecule has 1 rings (SSSR count). The average molecular weight is 253 g/mol. The monoisotopic (exact) mass is 253 g/mol. The number of sulfonamides is 1. The molecule has 0 aliphatic rings. The van der Waals surface area contributed by atoms with Gasteiger partial charge in [0.05, 0.1) is 11.5 Å². The van der Waals surface area contributed by atoms with Gasteiger partial charge in [-0.2, -0.15) is 0 Å². The van der Waals surface area contributed by atoms with Gasteiger partial charge in [0.25, 0.3) is 0 Å². The van der Waals surface area contributed by atoms with Gasteiger partial charge in [-0.15, -0.1) is 0 Å². The molecule has 0 heterocycles. The molecule has 0 aromatic heterocycles. The molecule has 0 saturated carbocycles. The number of ether oxygens (including phenoxy) is 1. The highest BCUT2D eigenvalue weighted by Crippen LogP contribution is 2.08. The van der Waals surface area contributed by atoms with Gasteiger partial charge >= 0.3 is 5.97 Å². The zero-order valence-corrected chi connectivity index (χ0v) is 9.95. The first kappa shape index (κ1) is 13.2. The normalized spacial score (nSPS) is 10.2. The van der Waals surface area contributed by atoms with E-state index in [1.54, 1.807) is 13.0 Å². The standard InChI is InChI=1S/C11H11NO4S/c1-2-16-11(13)7-6-9-4-3-5-10(8-9)17(12,14)15/h3-5,8H,2H2,1H3,(H2,12,14,15). The molecule has 0 aliphatic heterocycles. The maximum Gasteiger partial charge on any atom is 0.384 e. The summed E-state index contributed by atoms with van der Waals surface area (Å²) in [5.41, 5.74) is 0.379. The number of hydrogen-bond donors (Lipinski definition) is 1. The number of benzene rings is 1. The molecule has 17 heavy (non-hydrogen) atoms. The first-order valence-electron chi connectivity index (χ1n) is 4.75. The predicted molar refractivity (Wildman–Crippen MR) is 61.3 cm³/mol. The summed E-state index contributed by atoms with van der Waals surface area (Å²) >= 11 is 0. The molecule has 0 fully saturated rings. The molecule has 0 radical (unpaired) electrons. The fraction of sp³-hybridized carbons (Fsp3) is 0.182. The third kappa shape index (κ3) is 4.26. The fourth-order valence-corrected chi connectivity index (χ4v) is 1.60. The van der Waals surface area contributed by atoms with Gasteiger partial charge in [0, 0.05) is 11.5 Å². The second-order valence-corrected chi connectivity index (χ2v) is 4.60. The number of nitrogens with two attached hydrogens (primary N) is 1. The van der Waals surface area contributed by atoms with Gasteiger partial charge in [-0.25, -0.2) is 18.4 Å². The van der Waals surface area contributed by atoms with Crippen molar-refractivity contribution in [3.63, 3.8) is 0 Å². The fourth-order valence-electron chi connectivity index (χ4n) is 1.04. The lowest BCUT2D eigenvalue weighted by molar-refractivity contribution is -0.136. The van der Waals surface area contributed by atoms with Crippen LogP contribution in [0.4, 0.5) is 0 Å². The van der Waals surface area contributed by atoms with Crippen LogP contribution in [0.1, 0.15) is 12.5 Å². The highest BCUT2D eigenvalue weighted by molar-refractivity contribution is 7.89. The van der Waals surface area contributed by atoms with Crippen molar-refractivity contribution in [2.24, 2.45) is 5.14 Å². The largest absolute Gasteiger partial charge is 0.456 e. The van der Waals surface area contributed by atoms with E-state index in [1.165, 1.54) is 18.2 Å². The zero-order valence-electron chi connectivity index (χ0n) is 9.14. The molecular formula is C11H11NO4S. The summed E-state index contributed by atoms with van der Waals surface area (Å²) in [5.74, 6) is 4.07. The van der Waals surface area contributed by atoms with Gasteiger partial charge in [0.15, 0.2) is 0 Å². The summed E-state index contributed by atoms with van der Waals surface area (Å²) < 4.78 is 26.7. The minimum absolute atomic E-state index is 0.0480. The quantitative estimate of drug-likeness (QED) is 0.604. The molecule has 1 aromatic carbocycles. The van der Waals surface area contributed by atoms with E-state index in [2.05, 4.69) is 16.6 Å². The van der Waals surface area contributed by atoms with Gasteiger partial charge in [-0.05, 0) is 25.1 Å². The topological polar surface area (TPSA) is 86.5 Å². The molecular weight excluding hydrogens is 242 g/mol. The minimum Gasteiger partial charge on any atom is -0.456 e. The molecule has 0 amide bonds. The van der Waals surface area contributed by atoms with Crippen LogP contribution in [-0.2, 0) is 19.6 Å². The zero-order chi connectivity index (χ0) is 12.9. The first-order chi connectivity index (χ1) is 7.93. The van der Waals surface area contributed by atoms with Crippen LogP contribution >= 0.6 is 0 Å². The Bertz CT molecular complexity index is 581. The van der Waals surface area contributed by atoms with Crippen LogP contribution in [0.15, 0.2) is 29.2 Å². The van der Waals surface area contributed by atoms with E-state index >= 15 is 0 Å². The van der Waals surface area contributed by atoms with Crippen LogP contribution in [0, 0.1) is 11.8 Å². The van der Waals surface area contributed by atoms with Crippen LogP contribution in [0.25, 0.3) is 0 Å². The SMILES string of the molecule is CCOC(=O)C#Cc1cccc(S(N)(=O)=O)c1. The second-order valence-electron chi connectivity index (χ2n) is 3.04. The predicted octanol–water partition coefficient (Wildman–Crippen LogP) is 0.249. The van der Waals surface area contributed by atoms with Crippen molar-refractivity contribution in [3.05, 3.63) is 29.8 Å². The summed E-state index contributed by atoms with van der Waals surface area (Å²) in [6, 6.07) is 5.71. The van der Waals surface area contributed by atoms with Gasteiger partial charge < -0.3 is 4.74 Å². The Morgan fingerprint density at radius 2 is 2.18 bits per heavy atom. The Labute approximate surface area is 99.6 Å². The van der Waals surface area contributed by atoms with Crippen LogP contribution in [0.5, 0.6) is 0 Å². The Morgan fingerprint density at radius 1 is 1.47 bits per heavy atom. The lowest BCUT2D eigenvalue weighted by atomic mass is 10.2. The van der Waals surface area contributed by atoms with E-state index < -0.39 is 16.0 Å². The highest BCUT2D eigenvalue weighted by atomic mass is 32.2. The molecule has 0 aliphatic carbocycles. The summed E-state index contributed by atoms with van der Waals surface area (Å²) in [4.78, 5) is 10.9. The molecule has 0 saturated heterocycles. The second kappa shape index (κ2) is 5.48. The smallest absolute Gasteiger partial charge is 0.384 e. The molecule has 1 aromatic rings. The van der Waals surface area contributed by atoms with Crippen LogP contribution in [-0.4, -0.2) is 21.0 Å². The number of hydrogen-bond acceptors (Lipinski definition) is 4. The van der Waals surface area contributed by atoms with E-state index in [1.807, 2.05) is 0 Å². The highest BCUT2D eigenvalue weighted by Gasteiger charge is 2.06. The number of rotatable bonds is 2. The van der Waals surface area contributed by atoms with E-state index in [-0.39, 0.29) is 11.5 Å². The maximum atomic E-state index is 11.1. The molecule has 0 unspecified atom stereocenters. The number of esters is 1. The summed E-state index contributed by atoms with van der Waals surface area (Å²) in [5, 5.41) is 4.96. The number of carbonyl (C=O) groups is 1. The molecule has 90 valence electrons. The molecule has 0 spiro atoms. The summed E-state index contributed by atoms with van der Waals surface area (Å²) in [7, 11) is -3.76. The Balaban J connectivity index is 2.98.